The molecule has 178 valence electrons. The van der Waals surface area contributed by atoms with E-state index in [1.165, 1.54) is 31.2 Å². The molecule has 1 N–H and O–H groups in total. The van der Waals surface area contributed by atoms with Crippen molar-refractivity contribution in [1.82, 2.24) is 14.5 Å². The van der Waals surface area contributed by atoms with E-state index in [1.54, 1.807) is 30.0 Å². The lowest BCUT2D eigenvalue weighted by atomic mass is 10.0. The van der Waals surface area contributed by atoms with Crippen molar-refractivity contribution in [3.8, 4) is 0 Å². The third-order valence-corrected chi connectivity index (χ3v) is 8.02. The average molecular weight is 474 g/mol. The molecule has 2 heterocycles. The SMILES string of the molecule is Cc1ccc(S(=O)(=O)NCc2ccco2)cc1C(=O)N1CCN(C(=O)CC2CCCC2)CC1. The van der Waals surface area contributed by atoms with Crippen LogP contribution in [-0.2, 0) is 21.4 Å². The summed E-state index contributed by atoms with van der Waals surface area (Å²) < 4.78 is 33.1. The summed E-state index contributed by atoms with van der Waals surface area (Å²) in [6.45, 7) is 3.74. The number of nitrogens with zero attached hydrogens (tertiary/aromatic N) is 2. The van der Waals surface area contributed by atoms with Gasteiger partial charge in [0.2, 0.25) is 15.9 Å². The van der Waals surface area contributed by atoms with Gasteiger partial charge in [0.15, 0.2) is 0 Å². The molecular formula is C24H31N3O5S. The third-order valence-electron chi connectivity index (χ3n) is 6.62. The molecule has 4 rings (SSSR count). The summed E-state index contributed by atoms with van der Waals surface area (Å²) in [5.41, 5.74) is 1.08. The maximum atomic E-state index is 13.2. The zero-order chi connectivity index (χ0) is 23.4. The van der Waals surface area contributed by atoms with Crippen molar-refractivity contribution in [3.63, 3.8) is 0 Å². The quantitative estimate of drug-likeness (QED) is 0.667. The average Bonchev–Trinajstić information content (AvgIpc) is 3.52. The number of rotatable bonds is 7. The largest absolute Gasteiger partial charge is 0.468 e. The van der Waals surface area contributed by atoms with Crippen LogP contribution in [0.15, 0.2) is 45.9 Å². The first-order chi connectivity index (χ1) is 15.8. The normalized spacial score (nSPS) is 17.5. The van der Waals surface area contributed by atoms with Gasteiger partial charge in [0.1, 0.15) is 5.76 Å². The van der Waals surface area contributed by atoms with Crippen molar-refractivity contribution in [2.24, 2.45) is 5.92 Å². The third kappa shape index (κ3) is 5.65. The second-order valence-corrected chi connectivity index (χ2v) is 10.7. The molecule has 2 fully saturated rings. The monoisotopic (exact) mass is 473 g/mol. The fraction of sp³-hybridized carbons (Fsp3) is 0.500. The number of hydrogen-bond acceptors (Lipinski definition) is 5. The molecule has 33 heavy (non-hydrogen) atoms. The first kappa shape index (κ1) is 23.5. The topological polar surface area (TPSA) is 99.9 Å². The van der Waals surface area contributed by atoms with Gasteiger partial charge in [0.05, 0.1) is 17.7 Å². The Morgan fingerprint density at radius 3 is 2.42 bits per heavy atom. The Morgan fingerprint density at radius 1 is 1.06 bits per heavy atom. The summed E-state index contributed by atoms with van der Waals surface area (Å²) in [5.74, 6) is 0.979. The van der Waals surface area contributed by atoms with Crippen molar-refractivity contribution < 1.29 is 22.4 Å². The van der Waals surface area contributed by atoms with Gasteiger partial charge in [-0.3, -0.25) is 9.59 Å². The number of piperazine rings is 1. The summed E-state index contributed by atoms with van der Waals surface area (Å²) in [6, 6.07) is 7.95. The van der Waals surface area contributed by atoms with E-state index in [-0.39, 0.29) is 23.3 Å². The van der Waals surface area contributed by atoms with E-state index in [9.17, 15) is 18.0 Å². The number of sulfonamides is 1. The van der Waals surface area contributed by atoms with Gasteiger partial charge in [0, 0.05) is 38.2 Å². The minimum absolute atomic E-state index is 0.0311. The van der Waals surface area contributed by atoms with E-state index in [2.05, 4.69) is 4.72 Å². The van der Waals surface area contributed by atoms with Crippen molar-refractivity contribution in [3.05, 3.63) is 53.5 Å². The Morgan fingerprint density at radius 2 is 1.76 bits per heavy atom. The summed E-state index contributed by atoms with van der Waals surface area (Å²) in [5, 5.41) is 0. The molecule has 0 bridgehead atoms. The van der Waals surface area contributed by atoms with Gasteiger partial charge in [-0.2, -0.15) is 0 Å². The number of benzene rings is 1. The van der Waals surface area contributed by atoms with Crippen molar-refractivity contribution in [2.45, 2.75) is 50.5 Å². The zero-order valence-corrected chi connectivity index (χ0v) is 19.8. The molecule has 1 saturated carbocycles. The molecule has 1 aromatic carbocycles. The van der Waals surface area contributed by atoms with Gasteiger partial charge in [0.25, 0.3) is 5.91 Å². The van der Waals surface area contributed by atoms with Crippen LogP contribution in [-0.4, -0.2) is 56.2 Å². The highest BCUT2D eigenvalue weighted by Crippen LogP contribution is 2.28. The van der Waals surface area contributed by atoms with Crippen LogP contribution in [0.3, 0.4) is 0 Å². The van der Waals surface area contributed by atoms with Gasteiger partial charge in [-0.1, -0.05) is 18.9 Å². The van der Waals surface area contributed by atoms with Crippen LogP contribution in [0.2, 0.25) is 0 Å². The summed E-state index contributed by atoms with van der Waals surface area (Å²) in [7, 11) is -3.81. The predicted octanol–water partition coefficient (Wildman–Crippen LogP) is 2.93. The van der Waals surface area contributed by atoms with Gasteiger partial charge in [-0.15, -0.1) is 0 Å². The molecule has 2 aliphatic rings. The van der Waals surface area contributed by atoms with Crippen LogP contribution in [0.25, 0.3) is 0 Å². The Kier molecular flexibility index (Phi) is 7.19. The second-order valence-electron chi connectivity index (χ2n) is 8.91. The first-order valence-corrected chi connectivity index (χ1v) is 13.0. The number of furan rings is 1. The van der Waals surface area contributed by atoms with Crippen LogP contribution >= 0.6 is 0 Å². The van der Waals surface area contributed by atoms with E-state index in [1.807, 2.05) is 4.90 Å². The second kappa shape index (κ2) is 10.1. The number of aryl methyl sites for hydroxylation is 1. The molecule has 8 nitrogen and oxygen atoms in total. The number of carbonyl (C=O) groups is 2. The molecule has 1 aromatic heterocycles. The van der Waals surface area contributed by atoms with Gasteiger partial charge >= 0.3 is 0 Å². The van der Waals surface area contributed by atoms with E-state index in [4.69, 9.17) is 4.42 Å². The Labute approximate surface area is 195 Å². The molecule has 2 amide bonds. The predicted molar refractivity (Wildman–Crippen MR) is 123 cm³/mol. The zero-order valence-electron chi connectivity index (χ0n) is 19.0. The standard InChI is InChI=1S/C24H31N3O5S/c1-18-8-9-21(33(30,31)25-17-20-7-4-14-32-20)16-22(18)24(29)27-12-10-26(11-13-27)23(28)15-19-5-2-3-6-19/h4,7-9,14,16,19,25H,2-3,5-6,10-13,15,17H2,1H3. The van der Waals surface area contributed by atoms with Crippen LogP contribution < -0.4 is 4.72 Å². The molecule has 0 unspecified atom stereocenters. The highest BCUT2D eigenvalue weighted by atomic mass is 32.2. The lowest BCUT2D eigenvalue weighted by Crippen LogP contribution is -2.51. The number of nitrogens with one attached hydrogen (secondary N) is 1. The number of amides is 2. The van der Waals surface area contributed by atoms with E-state index < -0.39 is 10.0 Å². The summed E-state index contributed by atoms with van der Waals surface area (Å²) >= 11 is 0. The van der Waals surface area contributed by atoms with Crippen molar-refractivity contribution in [2.75, 3.05) is 26.2 Å². The van der Waals surface area contributed by atoms with E-state index >= 15 is 0 Å². The van der Waals surface area contributed by atoms with Crippen LogP contribution in [0.5, 0.6) is 0 Å². The summed E-state index contributed by atoms with van der Waals surface area (Å²) in [6.07, 6.45) is 6.80. The fourth-order valence-electron chi connectivity index (χ4n) is 4.58. The van der Waals surface area contributed by atoms with Gasteiger partial charge < -0.3 is 14.2 Å². The van der Waals surface area contributed by atoms with E-state index in [0.29, 0.717) is 55.4 Å². The number of carbonyl (C=O) groups excluding carboxylic acids is 2. The van der Waals surface area contributed by atoms with Crippen molar-refractivity contribution >= 4 is 21.8 Å². The van der Waals surface area contributed by atoms with Crippen LogP contribution in [0, 0.1) is 12.8 Å². The smallest absolute Gasteiger partial charge is 0.254 e. The molecular weight excluding hydrogens is 442 g/mol. The van der Waals surface area contributed by atoms with E-state index in [0.717, 1.165) is 12.8 Å². The minimum Gasteiger partial charge on any atom is -0.468 e. The van der Waals surface area contributed by atoms with Crippen LogP contribution in [0.1, 0.15) is 53.8 Å². The molecule has 0 spiro atoms. The Hall–Kier alpha value is -2.65. The molecule has 1 saturated heterocycles. The lowest BCUT2D eigenvalue weighted by Gasteiger charge is -2.35. The molecule has 9 heteroatoms. The Balaban J connectivity index is 1.38. The minimum atomic E-state index is -3.81. The van der Waals surface area contributed by atoms with Crippen molar-refractivity contribution in [1.29, 1.82) is 0 Å². The highest BCUT2D eigenvalue weighted by Gasteiger charge is 2.28. The molecule has 1 aliphatic heterocycles. The fourth-order valence-corrected chi connectivity index (χ4v) is 5.60. The maximum absolute atomic E-state index is 13.2. The first-order valence-electron chi connectivity index (χ1n) is 11.5. The lowest BCUT2D eigenvalue weighted by molar-refractivity contribution is -0.133. The van der Waals surface area contributed by atoms with Crippen LogP contribution in [0.4, 0.5) is 0 Å². The van der Waals surface area contributed by atoms with Gasteiger partial charge in [-0.25, -0.2) is 13.1 Å². The maximum Gasteiger partial charge on any atom is 0.254 e. The molecule has 1 aliphatic carbocycles. The summed E-state index contributed by atoms with van der Waals surface area (Å²) in [4.78, 5) is 29.4. The molecule has 0 radical (unpaired) electrons. The van der Waals surface area contributed by atoms with Gasteiger partial charge in [-0.05, 0) is 55.5 Å². The Bertz CT molecular complexity index is 1080. The number of hydrogen-bond donors (Lipinski definition) is 1. The molecule has 0 atom stereocenters. The molecule has 2 aromatic rings. The highest BCUT2D eigenvalue weighted by molar-refractivity contribution is 7.89.